The topological polar surface area (TPSA) is 50.4 Å². The number of hydrogen-bond donors (Lipinski definition) is 2. The van der Waals surface area contributed by atoms with Gasteiger partial charge in [-0.2, -0.15) is 0 Å². The first-order valence-corrected chi connectivity index (χ1v) is 8.32. The van der Waals surface area contributed by atoms with Gasteiger partial charge in [-0.25, -0.2) is 0 Å². The second kappa shape index (κ2) is 8.79. The molecular formula is C18H28N2O2. The minimum absolute atomic E-state index is 0.138. The van der Waals surface area contributed by atoms with Gasteiger partial charge in [-0.05, 0) is 62.4 Å². The summed E-state index contributed by atoms with van der Waals surface area (Å²) in [7, 11) is 0. The third-order valence-corrected chi connectivity index (χ3v) is 4.38. The monoisotopic (exact) mass is 304 g/mol. The highest BCUT2D eigenvalue weighted by molar-refractivity contribution is 5.76. The van der Waals surface area contributed by atoms with E-state index in [1.54, 1.807) is 0 Å². The summed E-state index contributed by atoms with van der Waals surface area (Å²) in [6.45, 7) is 7.47. The van der Waals surface area contributed by atoms with Crippen LogP contribution in [0.25, 0.3) is 0 Å². The summed E-state index contributed by atoms with van der Waals surface area (Å²) >= 11 is 0. The molecule has 1 amide bonds. The molecule has 0 radical (unpaired) electrons. The molecule has 0 aliphatic carbocycles. The maximum atomic E-state index is 12.0. The molecule has 0 spiro atoms. The normalized spacial score (nSPS) is 17.0. The fraction of sp³-hybridized carbons (Fsp3) is 0.611. The van der Waals surface area contributed by atoms with E-state index in [1.807, 2.05) is 31.2 Å². The van der Waals surface area contributed by atoms with Gasteiger partial charge in [0.1, 0.15) is 12.4 Å². The number of nitrogens with one attached hydrogen (secondary N) is 2. The molecule has 4 nitrogen and oxygen atoms in total. The van der Waals surface area contributed by atoms with Crippen LogP contribution in [0.5, 0.6) is 5.75 Å². The Bertz CT molecular complexity index is 470. The lowest BCUT2D eigenvalue weighted by atomic mass is 9.84. The van der Waals surface area contributed by atoms with E-state index in [4.69, 9.17) is 4.74 Å². The Balaban J connectivity index is 1.61. The van der Waals surface area contributed by atoms with E-state index in [-0.39, 0.29) is 5.91 Å². The third-order valence-electron chi connectivity index (χ3n) is 4.38. The predicted molar refractivity (Wildman–Crippen MR) is 89.1 cm³/mol. The van der Waals surface area contributed by atoms with Gasteiger partial charge in [-0.1, -0.05) is 19.1 Å². The number of amides is 1. The fourth-order valence-corrected chi connectivity index (χ4v) is 3.01. The molecule has 1 aromatic carbocycles. The van der Waals surface area contributed by atoms with Crippen molar-refractivity contribution in [2.24, 2.45) is 11.8 Å². The van der Waals surface area contributed by atoms with Crippen molar-refractivity contribution in [1.82, 2.24) is 10.6 Å². The first kappa shape index (κ1) is 16.8. The Morgan fingerprint density at radius 1 is 1.41 bits per heavy atom. The Kier molecular flexibility index (Phi) is 6.72. The predicted octanol–water partition coefficient (Wildman–Crippen LogP) is 2.52. The fourth-order valence-electron chi connectivity index (χ4n) is 3.01. The van der Waals surface area contributed by atoms with Gasteiger partial charge in [-0.3, -0.25) is 4.79 Å². The van der Waals surface area contributed by atoms with Gasteiger partial charge in [0.15, 0.2) is 0 Å². The number of aryl methyl sites for hydroxylation is 1. The molecule has 2 rings (SSSR count). The van der Waals surface area contributed by atoms with E-state index < -0.39 is 0 Å². The Hall–Kier alpha value is -1.55. The Morgan fingerprint density at radius 2 is 2.18 bits per heavy atom. The Morgan fingerprint density at radius 3 is 2.91 bits per heavy atom. The van der Waals surface area contributed by atoms with Crippen LogP contribution in [0.2, 0.25) is 0 Å². The summed E-state index contributed by atoms with van der Waals surface area (Å²) in [5.41, 5.74) is 1.18. The van der Waals surface area contributed by atoms with E-state index >= 15 is 0 Å². The zero-order valence-electron chi connectivity index (χ0n) is 13.7. The van der Waals surface area contributed by atoms with Gasteiger partial charge in [0.05, 0.1) is 6.54 Å². The molecule has 1 aliphatic heterocycles. The third kappa shape index (κ3) is 5.68. The van der Waals surface area contributed by atoms with Gasteiger partial charge in [-0.15, -0.1) is 0 Å². The number of hydrogen-bond acceptors (Lipinski definition) is 3. The maximum Gasteiger partial charge on any atom is 0.220 e. The quantitative estimate of drug-likeness (QED) is 0.761. The standard InChI is InChI=1S/C18H28N2O2/c1-14-4-3-5-17(12-14)22-11-10-20-18(21)13-15(2)16-6-8-19-9-7-16/h3-5,12,15-16,19H,6-11,13H2,1-2H3,(H,20,21). The number of benzene rings is 1. The largest absolute Gasteiger partial charge is 0.492 e. The van der Waals surface area contributed by atoms with Crippen molar-refractivity contribution in [3.05, 3.63) is 29.8 Å². The Labute approximate surface area is 133 Å². The minimum atomic E-state index is 0.138. The van der Waals surface area contributed by atoms with Crippen molar-refractivity contribution in [3.63, 3.8) is 0 Å². The second-order valence-corrected chi connectivity index (χ2v) is 6.28. The van der Waals surface area contributed by atoms with E-state index in [1.165, 1.54) is 18.4 Å². The van der Waals surface area contributed by atoms with Crippen molar-refractivity contribution in [2.75, 3.05) is 26.2 Å². The first-order chi connectivity index (χ1) is 10.6. The van der Waals surface area contributed by atoms with Crippen molar-refractivity contribution in [3.8, 4) is 5.75 Å². The molecule has 0 aromatic heterocycles. The lowest BCUT2D eigenvalue weighted by Crippen LogP contribution is -2.34. The minimum Gasteiger partial charge on any atom is -0.492 e. The van der Waals surface area contributed by atoms with Crippen LogP contribution in [-0.2, 0) is 4.79 Å². The highest BCUT2D eigenvalue weighted by Gasteiger charge is 2.21. The van der Waals surface area contributed by atoms with E-state index in [0.717, 1.165) is 18.8 Å². The molecule has 1 saturated heterocycles. The van der Waals surface area contributed by atoms with Gasteiger partial charge in [0, 0.05) is 6.42 Å². The van der Waals surface area contributed by atoms with Crippen molar-refractivity contribution in [1.29, 1.82) is 0 Å². The lowest BCUT2D eigenvalue weighted by molar-refractivity contribution is -0.122. The molecule has 1 fully saturated rings. The van der Waals surface area contributed by atoms with Crippen LogP contribution in [0.4, 0.5) is 0 Å². The highest BCUT2D eigenvalue weighted by Crippen LogP contribution is 2.24. The van der Waals surface area contributed by atoms with Crippen LogP contribution in [-0.4, -0.2) is 32.1 Å². The molecule has 1 aliphatic rings. The van der Waals surface area contributed by atoms with Crippen molar-refractivity contribution >= 4 is 5.91 Å². The molecule has 0 saturated carbocycles. The lowest BCUT2D eigenvalue weighted by Gasteiger charge is -2.27. The molecule has 22 heavy (non-hydrogen) atoms. The van der Waals surface area contributed by atoms with Gasteiger partial charge in [0.2, 0.25) is 5.91 Å². The zero-order chi connectivity index (χ0) is 15.8. The first-order valence-electron chi connectivity index (χ1n) is 8.32. The van der Waals surface area contributed by atoms with Crippen LogP contribution in [0.1, 0.15) is 31.7 Å². The van der Waals surface area contributed by atoms with E-state index in [9.17, 15) is 4.79 Å². The number of carbonyl (C=O) groups is 1. The van der Waals surface area contributed by atoms with Crippen LogP contribution in [0, 0.1) is 18.8 Å². The summed E-state index contributed by atoms with van der Waals surface area (Å²) in [6, 6.07) is 7.95. The smallest absolute Gasteiger partial charge is 0.220 e. The van der Waals surface area contributed by atoms with Crippen molar-refractivity contribution in [2.45, 2.75) is 33.1 Å². The maximum absolute atomic E-state index is 12.0. The van der Waals surface area contributed by atoms with Crippen LogP contribution in [0.3, 0.4) is 0 Å². The zero-order valence-corrected chi connectivity index (χ0v) is 13.7. The number of piperidine rings is 1. The summed E-state index contributed by atoms with van der Waals surface area (Å²) in [4.78, 5) is 12.0. The molecule has 1 aromatic rings. The highest BCUT2D eigenvalue weighted by atomic mass is 16.5. The molecular weight excluding hydrogens is 276 g/mol. The summed E-state index contributed by atoms with van der Waals surface area (Å²) < 4.78 is 5.64. The van der Waals surface area contributed by atoms with Crippen LogP contribution in [0.15, 0.2) is 24.3 Å². The SMILES string of the molecule is Cc1cccc(OCCNC(=O)CC(C)C2CCNCC2)c1. The average molecular weight is 304 g/mol. The molecule has 1 unspecified atom stereocenters. The molecule has 1 atom stereocenters. The molecule has 122 valence electrons. The van der Waals surface area contributed by atoms with Gasteiger partial charge in [0.25, 0.3) is 0 Å². The summed E-state index contributed by atoms with van der Waals surface area (Å²) in [6.07, 6.45) is 2.99. The van der Waals surface area contributed by atoms with E-state index in [0.29, 0.717) is 31.4 Å². The molecule has 1 heterocycles. The summed E-state index contributed by atoms with van der Waals surface area (Å²) in [5, 5.41) is 6.33. The van der Waals surface area contributed by atoms with Crippen molar-refractivity contribution < 1.29 is 9.53 Å². The van der Waals surface area contributed by atoms with Crippen LogP contribution >= 0.6 is 0 Å². The summed E-state index contributed by atoms with van der Waals surface area (Å²) in [5.74, 6) is 2.13. The average Bonchev–Trinajstić information content (AvgIpc) is 2.52. The number of ether oxygens (including phenoxy) is 1. The molecule has 0 bridgehead atoms. The number of rotatable bonds is 7. The van der Waals surface area contributed by atoms with Crippen LogP contribution < -0.4 is 15.4 Å². The number of carbonyl (C=O) groups excluding carboxylic acids is 1. The van der Waals surface area contributed by atoms with E-state index in [2.05, 4.69) is 17.6 Å². The van der Waals surface area contributed by atoms with Gasteiger partial charge < -0.3 is 15.4 Å². The molecule has 2 N–H and O–H groups in total. The van der Waals surface area contributed by atoms with Gasteiger partial charge >= 0.3 is 0 Å². The second-order valence-electron chi connectivity index (χ2n) is 6.28. The molecule has 4 heteroatoms.